The van der Waals surface area contributed by atoms with Crippen LogP contribution in [0.1, 0.15) is 34.6 Å². The molecule has 0 bridgehead atoms. The van der Waals surface area contributed by atoms with Gasteiger partial charge in [0.1, 0.15) is 24.5 Å². The largest absolute Gasteiger partial charge is 0.438 e. The lowest BCUT2D eigenvalue weighted by Gasteiger charge is -2.32. The van der Waals surface area contributed by atoms with Gasteiger partial charge in [-0.25, -0.2) is 4.79 Å². The monoisotopic (exact) mass is 400 g/mol. The fourth-order valence-electron chi connectivity index (χ4n) is 3.18. The Kier molecular flexibility index (Phi) is 5.70. The minimum Gasteiger partial charge on any atom is -0.438 e. The number of urea groups is 1. The van der Waals surface area contributed by atoms with Crippen LogP contribution >= 0.6 is 0 Å². The van der Waals surface area contributed by atoms with E-state index in [4.69, 9.17) is 23.7 Å². The maximum Gasteiger partial charge on any atom is 0.325 e. The van der Waals surface area contributed by atoms with E-state index in [2.05, 4.69) is 5.32 Å². The van der Waals surface area contributed by atoms with Crippen LogP contribution < -0.4 is 5.32 Å². The van der Waals surface area contributed by atoms with E-state index >= 15 is 0 Å². The standard InChI is InChI=1S/C18H28N2O8/c1-17(2,3)15(22)25-9-24-8-10-12-13(28-18(4,5)27-12)14(26-10)20-7-6-11(21)19-16(20)23/h6-7,10-14,21H,8-9H2,1-5H3,(H,19,23)/t10-,11?,12-,13-,14-/m1/s1. The summed E-state index contributed by atoms with van der Waals surface area (Å²) in [5.41, 5.74) is -0.617. The lowest BCUT2D eigenvalue weighted by molar-refractivity contribution is -0.207. The first kappa shape index (κ1) is 21.0. The minimum atomic E-state index is -1.05. The average Bonchev–Trinajstić information content (AvgIpc) is 3.04. The molecule has 0 aromatic carbocycles. The number of fused-ring (bicyclic) bond motifs is 1. The van der Waals surface area contributed by atoms with E-state index in [1.54, 1.807) is 34.6 Å². The van der Waals surface area contributed by atoms with Gasteiger partial charge in [-0.1, -0.05) is 0 Å². The topological polar surface area (TPSA) is 116 Å². The number of hydrogen-bond donors (Lipinski definition) is 2. The second kappa shape index (κ2) is 7.60. The molecule has 0 aromatic heterocycles. The van der Waals surface area contributed by atoms with E-state index in [9.17, 15) is 14.7 Å². The SMILES string of the molecule is CC1(C)O[C@@H]2[C@H](O1)[C@@H](COCOC(=O)C(C)(C)C)O[C@H]2N1C=CC(O)NC1=O. The van der Waals surface area contributed by atoms with Crippen molar-refractivity contribution in [2.75, 3.05) is 13.4 Å². The van der Waals surface area contributed by atoms with Crippen molar-refractivity contribution in [1.82, 2.24) is 10.2 Å². The highest BCUT2D eigenvalue weighted by molar-refractivity contribution is 5.77. The maximum atomic E-state index is 12.2. The highest BCUT2D eigenvalue weighted by Gasteiger charge is 2.57. The first-order valence-electron chi connectivity index (χ1n) is 9.19. The van der Waals surface area contributed by atoms with Gasteiger partial charge in [0.2, 0.25) is 0 Å². The van der Waals surface area contributed by atoms with Gasteiger partial charge in [0.05, 0.1) is 12.0 Å². The smallest absolute Gasteiger partial charge is 0.325 e. The molecule has 2 saturated heterocycles. The van der Waals surface area contributed by atoms with Gasteiger partial charge in [0.25, 0.3) is 0 Å². The molecule has 2 N–H and O–H groups in total. The predicted molar refractivity (Wildman–Crippen MR) is 94.4 cm³/mol. The highest BCUT2D eigenvalue weighted by atomic mass is 16.8. The highest BCUT2D eigenvalue weighted by Crippen LogP contribution is 2.40. The van der Waals surface area contributed by atoms with Crippen molar-refractivity contribution in [2.45, 2.75) is 71.2 Å². The zero-order chi connectivity index (χ0) is 20.7. The predicted octanol–water partition coefficient (Wildman–Crippen LogP) is 0.652. The van der Waals surface area contributed by atoms with Gasteiger partial charge in [-0.2, -0.15) is 0 Å². The molecule has 2 fully saturated rings. The Morgan fingerprint density at radius 1 is 1.32 bits per heavy atom. The molecule has 0 spiro atoms. The average molecular weight is 400 g/mol. The van der Waals surface area contributed by atoms with Gasteiger partial charge in [-0.3, -0.25) is 9.69 Å². The van der Waals surface area contributed by atoms with Gasteiger partial charge in [0.15, 0.2) is 18.8 Å². The Labute approximate surface area is 163 Å². The van der Waals surface area contributed by atoms with E-state index < -0.39 is 48.0 Å². The molecular formula is C18H28N2O8. The van der Waals surface area contributed by atoms with Crippen molar-refractivity contribution in [3.63, 3.8) is 0 Å². The molecular weight excluding hydrogens is 372 g/mol. The van der Waals surface area contributed by atoms with E-state index in [0.717, 1.165) is 0 Å². The lowest BCUT2D eigenvalue weighted by atomic mass is 9.98. The Hall–Kier alpha value is -1.72. The summed E-state index contributed by atoms with van der Waals surface area (Å²) in [5, 5.41) is 11.9. The number of aliphatic hydroxyl groups excluding tert-OH is 1. The number of carbonyl (C=O) groups excluding carboxylic acids is 2. The molecule has 158 valence electrons. The number of nitrogens with zero attached hydrogens (tertiary/aromatic N) is 1. The van der Waals surface area contributed by atoms with E-state index in [1.165, 1.54) is 17.2 Å². The molecule has 3 heterocycles. The maximum absolute atomic E-state index is 12.2. The first-order valence-corrected chi connectivity index (χ1v) is 9.19. The number of esters is 1. The number of ether oxygens (including phenoxy) is 5. The number of hydrogen-bond acceptors (Lipinski definition) is 8. The number of amides is 2. The second-order valence-electron chi connectivity index (χ2n) is 8.44. The van der Waals surface area contributed by atoms with Crippen LogP contribution in [-0.4, -0.2) is 72.0 Å². The molecule has 2 amide bonds. The van der Waals surface area contributed by atoms with Crippen LogP contribution in [0.3, 0.4) is 0 Å². The molecule has 3 aliphatic rings. The fraction of sp³-hybridized carbons (Fsp3) is 0.778. The molecule has 10 nitrogen and oxygen atoms in total. The van der Waals surface area contributed by atoms with Crippen molar-refractivity contribution in [1.29, 1.82) is 0 Å². The number of nitrogens with one attached hydrogen (secondary N) is 1. The zero-order valence-electron chi connectivity index (χ0n) is 16.7. The first-order chi connectivity index (χ1) is 13.0. The molecule has 0 radical (unpaired) electrons. The fourth-order valence-corrected chi connectivity index (χ4v) is 3.18. The molecule has 0 saturated carbocycles. The Bertz CT molecular complexity index is 644. The molecule has 3 rings (SSSR count). The Morgan fingerprint density at radius 2 is 2.00 bits per heavy atom. The number of rotatable bonds is 5. The lowest BCUT2D eigenvalue weighted by Crippen LogP contribution is -2.53. The van der Waals surface area contributed by atoms with Crippen molar-refractivity contribution >= 4 is 12.0 Å². The Morgan fingerprint density at radius 3 is 2.64 bits per heavy atom. The number of aliphatic hydroxyl groups is 1. The zero-order valence-corrected chi connectivity index (χ0v) is 16.7. The summed E-state index contributed by atoms with van der Waals surface area (Å²) in [6.45, 7) is 8.71. The minimum absolute atomic E-state index is 0.0936. The quantitative estimate of drug-likeness (QED) is 0.393. The summed E-state index contributed by atoms with van der Waals surface area (Å²) in [5.74, 6) is -1.21. The van der Waals surface area contributed by atoms with Crippen LogP contribution in [0, 0.1) is 5.41 Å². The molecule has 28 heavy (non-hydrogen) atoms. The number of carbonyl (C=O) groups is 2. The van der Waals surface area contributed by atoms with Crippen molar-refractivity contribution < 1.29 is 38.4 Å². The van der Waals surface area contributed by atoms with Crippen LogP contribution in [0.25, 0.3) is 0 Å². The summed E-state index contributed by atoms with van der Waals surface area (Å²) in [6.07, 6.45) is -0.447. The van der Waals surface area contributed by atoms with E-state index in [1.807, 2.05) is 0 Å². The van der Waals surface area contributed by atoms with Gasteiger partial charge in [-0.15, -0.1) is 0 Å². The van der Waals surface area contributed by atoms with Crippen LogP contribution in [-0.2, 0) is 28.5 Å². The van der Waals surface area contributed by atoms with Crippen LogP contribution in [0.4, 0.5) is 4.79 Å². The summed E-state index contributed by atoms with van der Waals surface area (Å²) >= 11 is 0. The van der Waals surface area contributed by atoms with Crippen molar-refractivity contribution in [3.05, 3.63) is 12.3 Å². The molecule has 5 atom stereocenters. The third-order valence-electron chi connectivity index (χ3n) is 4.50. The van der Waals surface area contributed by atoms with Crippen molar-refractivity contribution in [2.24, 2.45) is 5.41 Å². The Balaban J connectivity index is 1.62. The molecule has 10 heteroatoms. The second-order valence-corrected chi connectivity index (χ2v) is 8.44. The van der Waals surface area contributed by atoms with Gasteiger partial charge in [-0.05, 0) is 40.7 Å². The van der Waals surface area contributed by atoms with Crippen LogP contribution in [0.2, 0.25) is 0 Å². The molecule has 3 aliphatic heterocycles. The molecule has 1 unspecified atom stereocenters. The normalized spacial score (nSPS) is 34.3. The third kappa shape index (κ3) is 4.47. The summed E-state index contributed by atoms with van der Waals surface area (Å²) in [4.78, 5) is 25.3. The van der Waals surface area contributed by atoms with E-state index in [-0.39, 0.29) is 19.4 Å². The van der Waals surface area contributed by atoms with Gasteiger partial charge in [0, 0.05) is 6.20 Å². The van der Waals surface area contributed by atoms with E-state index in [0.29, 0.717) is 0 Å². The summed E-state index contributed by atoms with van der Waals surface area (Å²) in [6, 6.07) is -0.507. The van der Waals surface area contributed by atoms with Gasteiger partial charge < -0.3 is 34.1 Å². The summed E-state index contributed by atoms with van der Waals surface area (Å²) < 4.78 is 28.4. The summed E-state index contributed by atoms with van der Waals surface area (Å²) in [7, 11) is 0. The molecule has 0 aliphatic carbocycles. The van der Waals surface area contributed by atoms with Crippen molar-refractivity contribution in [3.8, 4) is 0 Å². The molecule has 0 aromatic rings. The van der Waals surface area contributed by atoms with Crippen LogP contribution in [0.5, 0.6) is 0 Å². The third-order valence-corrected chi connectivity index (χ3v) is 4.50. The van der Waals surface area contributed by atoms with Gasteiger partial charge >= 0.3 is 12.0 Å². The van der Waals surface area contributed by atoms with Crippen LogP contribution in [0.15, 0.2) is 12.3 Å².